The maximum Gasteiger partial charge on any atom is 0.245 e. The Morgan fingerprint density at radius 3 is 2.65 bits per heavy atom. The third-order valence-electron chi connectivity index (χ3n) is 6.33. The van der Waals surface area contributed by atoms with Gasteiger partial charge in [0.2, 0.25) is 11.8 Å². The van der Waals surface area contributed by atoms with E-state index in [-0.39, 0.29) is 35.2 Å². The summed E-state index contributed by atoms with van der Waals surface area (Å²) in [5.74, 6) is -0.551. The summed E-state index contributed by atoms with van der Waals surface area (Å²) in [6.45, 7) is 1.89. The molecule has 0 fully saturated rings. The standard InChI is InChI=1S/C24H18BrN3O3/c1-12-7-8-16-19(21(12)25)24(23(30)28-16)15(11-26)22(27)31-18-10-14(9-17(29)20(18)24)13-5-3-2-4-6-13/h2-8,14H,9-10,27H2,1H3,(H,28,30)/t14-,24+/m1/s1. The van der Waals surface area contributed by atoms with E-state index in [4.69, 9.17) is 10.5 Å². The molecule has 0 radical (unpaired) electrons. The van der Waals surface area contributed by atoms with Gasteiger partial charge in [0, 0.05) is 28.6 Å². The number of hydrogen-bond donors (Lipinski definition) is 2. The van der Waals surface area contributed by atoms with Crippen LogP contribution in [0.5, 0.6) is 0 Å². The van der Waals surface area contributed by atoms with Gasteiger partial charge in [0.1, 0.15) is 22.8 Å². The number of nitrogens with zero attached hydrogens (tertiary/aromatic N) is 1. The fraction of sp³-hybridized carbons (Fsp3) is 0.208. The van der Waals surface area contributed by atoms with Crippen LogP contribution in [0.3, 0.4) is 0 Å². The fourth-order valence-electron chi connectivity index (χ4n) is 4.94. The molecule has 0 unspecified atom stereocenters. The third-order valence-corrected chi connectivity index (χ3v) is 7.35. The second-order valence-electron chi connectivity index (χ2n) is 8.01. The van der Waals surface area contributed by atoms with Crippen LogP contribution in [-0.4, -0.2) is 11.7 Å². The van der Waals surface area contributed by atoms with Crippen LogP contribution in [0, 0.1) is 18.3 Å². The second kappa shape index (κ2) is 6.82. The molecule has 5 rings (SSSR count). The molecule has 2 aromatic rings. The third kappa shape index (κ3) is 2.55. The van der Waals surface area contributed by atoms with Crippen molar-refractivity contribution in [1.29, 1.82) is 5.26 Å². The van der Waals surface area contributed by atoms with E-state index in [1.54, 1.807) is 6.07 Å². The molecule has 0 saturated carbocycles. The average molecular weight is 476 g/mol. The molecule has 1 amide bonds. The highest BCUT2D eigenvalue weighted by atomic mass is 79.9. The van der Waals surface area contributed by atoms with Crippen LogP contribution < -0.4 is 11.1 Å². The molecule has 0 aromatic heterocycles. The van der Waals surface area contributed by atoms with Gasteiger partial charge in [0.05, 0.1) is 5.57 Å². The van der Waals surface area contributed by atoms with Gasteiger partial charge in [-0.25, -0.2) is 0 Å². The molecule has 3 aliphatic rings. The molecule has 1 aliphatic carbocycles. The number of fused-ring (bicyclic) bond motifs is 3. The quantitative estimate of drug-likeness (QED) is 0.646. The molecule has 6 nitrogen and oxygen atoms in total. The Kier molecular flexibility index (Phi) is 4.31. The van der Waals surface area contributed by atoms with Crippen molar-refractivity contribution >= 4 is 33.3 Å². The number of benzene rings is 2. The number of halogens is 1. The van der Waals surface area contributed by atoms with Crippen molar-refractivity contribution in [3.05, 3.63) is 86.4 Å². The maximum atomic E-state index is 13.6. The fourth-order valence-corrected chi connectivity index (χ4v) is 5.58. The summed E-state index contributed by atoms with van der Waals surface area (Å²) in [6, 6.07) is 15.4. The minimum Gasteiger partial charge on any atom is -0.444 e. The zero-order valence-electron chi connectivity index (χ0n) is 16.7. The molecule has 2 aliphatic heterocycles. The summed E-state index contributed by atoms with van der Waals surface area (Å²) in [5, 5.41) is 12.9. The smallest absolute Gasteiger partial charge is 0.245 e. The Hall–Kier alpha value is -3.37. The lowest BCUT2D eigenvalue weighted by molar-refractivity contribution is -0.123. The molecule has 2 aromatic carbocycles. The summed E-state index contributed by atoms with van der Waals surface area (Å²) in [5.41, 5.74) is 7.71. The monoisotopic (exact) mass is 475 g/mol. The molecule has 1 spiro atoms. The van der Waals surface area contributed by atoms with Crippen LogP contribution >= 0.6 is 15.9 Å². The van der Waals surface area contributed by atoms with E-state index >= 15 is 0 Å². The first-order chi connectivity index (χ1) is 14.9. The zero-order chi connectivity index (χ0) is 21.9. The largest absolute Gasteiger partial charge is 0.444 e. The van der Waals surface area contributed by atoms with Crippen LogP contribution in [0.25, 0.3) is 0 Å². The highest BCUT2D eigenvalue weighted by molar-refractivity contribution is 9.10. The minimum absolute atomic E-state index is 0.0553. The Labute approximate surface area is 187 Å². The molecule has 2 heterocycles. The Morgan fingerprint density at radius 2 is 1.94 bits per heavy atom. The molecule has 3 N–H and O–H groups in total. The van der Waals surface area contributed by atoms with E-state index in [9.17, 15) is 14.9 Å². The van der Waals surface area contributed by atoms with Crippen molar-refractivity contribution in [2.24, 2.45) is 5.73 Å². The number of nitrogens with two attached hydrogens (primary N) is 1. The number of amides is 1. The molecule has 0 saturated heterocycles. The zero-order valence-corrected chi connectivity index (χ0v) is 18.2. The van der Waals surface area contributed by atoms with Gasteiger partial charge in [0.15, 0.2) is 5.78 Å². The van der Waals surface area contributed by atoms with Crippen molar-refractivity contribution in [3.63, 3.8) is 0 Å². The summed E-state index contributed by atoms with van der Waals surface area (Å²) in [4.78, 5) is 27.1. The molecule has 7 heteroatoms. The van der Waals surface area contributed by atoms with Gasteiger partial charge >= 0.3 is 0 Å². The number of ether oxygens (including phenoxy) is 1. The molecular formula is C24H18BrN3O3. The normalized spacial score (nSPS) is 24.5. The number of nitrogens with one attached hydrogen (secondary N) is 1. The minimum atomic E-state index is -1.62. The lowest BCUT2D eigenvalue weighted by Gasteiger charge is -2.39. The Morgan fingerprint density at radius 1 is 1.19 bits per heavy atom. The number of hydrogen-bond acceptors (Lipinski definition) is 5. The van der Waals surface area contributed by atoms with Gasteiger partial charge < -0.3 is 15.8 Å². The predicted octanol–water partition coefficient (Wildman–Crippen LogP) is 4.07. The van der Waals surface area contributed by atoms with Crippen LogP contribution in [-0.2, 0) is 19.7 Å². The van der Waals surface area contributed by atoms with Gasteiger partial charge in [-0.1, -0.05) is 52.3 Å². The second-order valence-corrected chi connectivity index (χ2v) is 8.81. The van der Waals surface area contributed by atoms with Crippen LogP contribution in [0.1, 0.15) is 35.4 Å². The van der Waals surface area contributed by atoms with Crippen molar-refractivity contribution in [1.82, 2.24) is 0 Å². The van der Waals surface area contributed by atoms with E-state index in [2.05, 4.69) is 27.3 Å². The number of Topliss-reactive ketones (excluding diaryl/α,β-unsaturated/α-hetero) is 1. The topological polar surface area (TPSA) is 105 Å². The lowest BCUT2D eigenvalue weighted by Crippen LogP contribution is -2.47. The number of carbonyl (C=O) groups is 2. The maximum absolute atomic E-state index is 13.6. The van der Waals surface area contributed by atoms with E-state index < -0.39 is 11.3 Å². The van der Waals surface area contributed by atoms with Crippen molar-refractivity contribution < 1.29 is 14.3 Å². The number of carbonyl (C=O) groups excluding carboxylic acids is 2. The van der Waals surface area contributed by atoms with E-state index in [1.165, 1.54) is 0 Å². The number of allylic oxidation sites excluding steroid dienone is 1. The average Bonchev–Trinajstić information content (AvgIpc) is 3.04. The number of aryl methyl sites for hydroxylation is 1. The number of anilines is 1. The Balaban J connectivity index is 1.78. The molecule has 154 valence electrons. The molecule has 2 atom stereocenters. The Bertz CT molecular complexity index is 1270. The summed E-state index contributed by atoms with van der Waals surface area (Å²) >= 11 is 3.59. The van der Waals surface area contributed by atoms with E-state index in [0.717, 1.165) is 11.1 Å². The lowest BCUT2D eigenvalue weighted by atomic mass is 9.63. The van der Waals surface area contributed by atoms with E-state index in [1.807, 2.05) is 43.3 Å². The number of rotatable bonds is 1. The number of ketones is 1. The van der Waals surface area contributed by atoms with Crippen molar-refractivity contribution in [2.45, 2.75) is 31.1 Å². The first-order valence-electron chi connectivity index (χ1n) is 9.90. The SMILES string of the molecule is Cc1ccc2c(c1Br)[C@@]1(C(=O)N2)C(C#N)=C(N)OC2=C1C(=O)C[C@@H](c1ccccc1)C2. The van der Waals surface area contributed by atoms with Gasteiger partial charge in [-0.3, -0.25) is 9.59 Å². The first-order valence-corrected chi connectivity index (χ1v) is 10.7. The summed E-state index contributed by atoms with van der Waals surface area (Å²) in [7, 11) is 0. The first kappa shape index (κ1) is 19.6. The molecule has 31 heavy (non-hydrogen) atoms. The van der Waals surface area contributed by atoms with Crippen molar-refractivity contribution in [3.8, 4) is 6.07 Å². The van der Waals surface area contributed by atoms with Gasteiger partial charge in [-0.05, 0) is 30.0 Å². The molecular weight excluding hydrogens is 458 g/mol. The number of nitriles is 1. The van der Waals surface area contributed by atoms with Gasteiger partial charge in [-0.15, -0.1) is 0 Å². The van der Waals surface area contributed by atoms with Crippen molar-refractivity contribution in [2.75, 3.05) is 5.32 Å². The van der Waals surface area contributed by atoms with E-state index in [0.29, 0.717) is 27.9 Å². The highest BCUT2D eigenvalue weighted by Gasteiger charge is 2.61. The predicted molar refractivity (Wildman–Crippen MR) is 118 cm³/mol. The summed E-state index contributed by atoms with van der Waals surface area (Å²) in [6.07, 6.45) is 0.636. The van der Waals surface area contributed by atoms with Crippen LogP contribution in [0.2, 0.25) is 0 Å². The van der Waals surface area contributed by atoms with Gasteiger partial charge in [0.25, 0.3) is 0 Å². The summed E-state index contributed by atoms with van der Waals surface area (Å²) < 4.78 is 6.50. The highest BCUT2D eigenvalue weighted by Crippen LogP contribution is 2.57. The van der Waals surface area contributed by atoms with Crippen LogP contribution in [0.15, 0.2) is 69.7 Å². The van der Waals surface area contributed by atoms with Gasteiger partial charge in [-0.2, -0.15) is 5.26 Å². The van der Waals surface area contributed by atoms with Crippen LogP contribution in [0.4, 0.5) is 5.69 Å². The molecule has 0 bridgehead atoms.